The maximum absolute atomic E-state index is 13.5. The molecule has 1 aliphatic rings. The van der Waals surface area contributed by atoms with Gasteiger partial charge in [0, 0.05) is 6.07 Å². The van der Waals surface area contributed by atoms with Crippen LogP contribution in [0.1, 0.15) is 12.8 Å². The van der Waals surface area contributed by atoms with Gasteiger partial charge in [-0.1, -0.05) is 5.16 Å². The second kappa shape index (κ2) is 4.85. The lowest BCUT2D eigenvalue weighted by atomic mass is 10.1. The lowest BCUT2D eigenvalue weighted by Crippen LogP contribution is -2.01. The number of hydrogen-bond donors (Lipinski definition) is 1. The number of rotatable bonds is 4. The third-order valence-electron chi connectivity index (χ3n) is 2.96. The molecular formula is C13H12BrFN2O2. The standard InChI is InChI=1S/C13H12BrFN2O2/c14-10-4-8(15)3-9(11-5-12(16)17-19-11)13(10)18-6-7-1-2-7/h3-5,7H,1-2,6H2,(H2,16,17). The molecule has 1 saturated carbocycles. The second-order valence-electron chi connectivity index (χ2n) is 4.63. The summed E-state index contributed by atoms with van der Waals surface area (Å²) in [5.41, 5.74) is 6.03. The number of halogens is 2. The summed E-state index contributed by atoms with van der Waals surface area (Å²) in [4.78, 5) is 0. The highest BCUT2D eigenvalue weighted by atomic mass is 79.9. The zero-order chi connectivity index (χ0) is 13.4. The first-order valence-electron chi connectivity index (χ1n) is 5.98. The molecule has 0 bridgehead atoms. The molecule has 6 heteroatoms. The minimum Gasteiger partial charge on any atom is -0.491 e. The Hall–Kier alpha value is -1.56. The molecule has 19 heavy (non-hydrogen) atoms. The van der Waals surface area contributed by atoms with E-state index in [1.165, 1.54) is 25.0 Å². The number of nitrogen functional groups attached to an aromatic ring is 1. The number of nitrogens with zero attached hydrogens (tertiary/aromatic N) is 1. The van der Waals surface area contributed by atoms with E-state index >= 15 is 0 Å². The number of hydrogen-bond acceptors (Lipinski definition) is 4. The van der Waals surface area contributed by atoms with Crippen LogP contribution in [0.3, 0.4) is 0 Å². The lowest BCUT2D eigenvalue weighted by molar-refractivity contribution is 0.297. The Labute approximate surface area is 117 Å². The van der Waals surface area contributed by atoms with E-state index in [9.17, 15) is 4.39 Å². The molecule has 0 amide bonds. The summed E-state index contributed by atoms with van der Waals surface area (Å²) < 4.78 is 24.9. The van der Waals surface area contributed by atoms with Crippen molar-refractivity contribution in [3.05, 3.63) is 28.5 Å². The summed E-state index contributed by atoms with van der Waals surface area (Å²) in [5, 5.41) is 3.61. The van der Waals surface area contributed by atoms with Crippen molar-refractivity contribution in [2.75, 3.05) is 12.3 Å². The quantitative estimate of drug-likeness (QED) is 0.932. The Morgan fingerprint density at radius 3 is 2.84 bits per heavy atom. The number of nitrogens with two attached hydrogens (primary N) is 1. The molecule has 100 valence electrons. The van der Waals surface area contributed by atoms with Crippen LogP contribution in [0.2, 0.25) is 0 Å². The van der Waals surface area contributed by atoms with Gasteiger partial charge in [0.2, 0.25) is 0 Å². The normalized spacial score (nSPS) is 14.6. The van der Waals surface area contributed by atoms with E-state index in [0.717, 1.165) is 0 Å². The fraction of sp³-hybridized carbons (Fsp3) is 0.308. The van der Waals surface area contributed by atoms with Crippen LogP contribution >= 0.6 is 15.9 Å². The maximum Gasteiger partial charge on any atom is 0.172 e. The van der Waals surface area contributed by atoms with Crippen molar-refractivity contribution in [1.82, 2.24) is 5.16 Å². The van der Waals surface area contributed by atoms with Gasteiger partial charge in [-0.15, -0.1) is 0 Å². The predicted octanol–water partition coefficient (Wildman–Crippen LogP) is 3.61. The van der Waals surface area contributed by atoms with E-state index in [4.69, 9.17) is 15.0 Å². The molecule has 1 aromatic heterocycles. The third kappa shape index (κ3) is 2.73. The lowest BCUT2D eigenvalue weighted by Gasteiger charge is -2.11. The zero-order valence-electron chi connectivity index (χ0n) is 10.0. The van der Waals surface area contributed by atoms with E-state index in [1.54, 1.807) is 6.07 Å². The molecule has 0 saturated heterocycles. The molecule has 1 aliphatic carbocycles. The Morgan fingerprint density at radius 2 is 2.21 bits per heavy atom. The zero-order valence-corrected chi connectivity index (χ0v) is 11.6. The van der Waals surface area contributed by atoms with Crippen LogP contribution < -0.4 is 10.5 Å². The van der Waals surface area contributed by atoms with Crippen LogP contribution in [0, 0.1) is 11.7 Å². The highest BCUT2D eigenvalue weighted by molar-refractivity contribution is 9.10. The molecule has 1 heterocycles. The smallest absolute Gasteiger partial charge is 0.172 e. The molecule has 2 N–H and O–H groups in total. The summed E-state index contributed by atoms with van der Waals surface area (Å²) in [5.74, 6) is 1.43. The monoisotopic (exact) mass is 326 g/mol. The van der Waals surface area contributed by atoms with Gasteiger partial charge in [0.15, 0.2) is 11.6 Å². The molecule has 0 unspecified atom stereocenters. The minimum absolute atomic E-state index is 0.253. The average Bonchev–Trinajstić information content (AvgIpc) is 3.08. The van der Waals surface area contributed by atoms with Crippen LogP contribution in [0.15, 0.2) is 27.2 Å². The third-order valence-corrected chi connectivity index (χ3v) is 3.55. The van der Waals surface area contributed by atoms with Crippen LogP contribution in [-0.4, -0.2) is 11.8 Å². The largest absolute Gasteiger partial charge is 0.491 e. The van der Waals surface area contributed by atoms with Gasteiger partial charge in [-0.05, 0) is 46.8 Å². The van der Waals surface area contributed by atoms with Gasteiger partial charge >= 0.3 is 0 Å². The number of benzene rings is 1. The van der Waals surface area contributed by atoms with Crippen LogP contribution in [0.5, 0.6) is 5.75 Å². The van der Waals surface area contributed by atoms with Crippen LogP contribution in [0.25, 0.3) is 11.3 Å². The van der Waals surface area contributed by atoms with Crippen molar-refractivity contribution >= 4 is 21.7 Å². The summed E-state index contributed by atoms with van der Waals surface area (Å²) in [6.07, 6.45) is 2.37. The van der Waals surface area contributed by atoms with E-state index in [-0.39, 0.29) is 11.6 Å². The number of ether oxygens (including phenoxy) is 1. The van der Waals surface area contributed by atoms with Gasteiger partial charge in [-0.3, -0.25) is 0 Å². The summed E-state index contributed by atoms with van der Waals surface area (Å²) >= 11 is 3.31. The van der Waals surface area contributed by atoms with Crippen molar-refractivity contribution in [1.29, 1.82) is 0 Å². The van der Waals surface area contributed by atoms with Gasteiger partial charge in [-0.25, -0.2) is 4.39 Å². The molecule has 0 radical (unpaired) electrons. The Morgan fingerprint density at radius 1 is 1.42 bits per heavy atom. The maximum atomic E-state index is 13.5. The van der Waals surface area contributed by atoms with Crippen molar-refractivity contribution in [3.8, 4) is 17.1 Å². The van der Waals surface area contributed by atoms with E-state index < -0.39 is 0 Å². The Balaban J connectivity index is 1.99. The topological polar surface area (TPSA) is 61.3 Å². The Kier molecular flexibility index (Phi) is 3.18. The number of anilines is 1. The first-order valence-corrected chi connectivity index (χ1v) is 6.77. The summed E-state index contributed by atoms with van der Waals surface area (Å²) in [6.45, 7) is 0.626. The highest BCUT2D eigenvalue weighted by Gasteiger charge is 2.24. The Bertz CT molecular complexity index is 611. The molecule has 0 aliphatic heterocycles. The molecule has 0 spiro atoms. The number of aromatic nitrogens is 1. The van der Waals surface area contributed by atoms with Gasteiger partial charge in [-0.2, -0.15) is 0 Å². The van der Waals surface area contributed by atoms with Gasteiger partial charge in [0.1, 0.15) is 11.6 Å². The fourth-order valence-electron chi connectivity index (χ4n) is 1.79. The molecule has 2 aromatic rings. The van der Waals surface area contributed by atoms with Crippen molar-refractivity contribution in [2.24, 2.45) is 5.92 Å². The molecule has 3 rings (SSSR count). The fourth-order valence-corrected chi connectivity index (χ4v) is 2.34. The highest BCUT2D eigenvalue weighted by Crippen LogP contribution is 2.39. The van der Waals surface area contributed by atoms with E-state index in [0.29, 0.717) is 34.1 Å². The van der Waals surface area contributed by atoms with Gasteiger partial charge in [0.25, 0.3) is 0 Å². The van der Waals surface area contributed by atoms with Crippen LogP contribution in [-0.2, 0) is 0 Å². The summed E-state index contributed by atoms with van der Waals surface area (Å²) in [6, 6.07) is 4.27. The van der Waals surface area contributed by atoms with Gasteiger partial charge in [0.05, 0.1) is 16.6 Å². The van der Waals surface area contributed by atoms with Crippen molar-refractivity contribution in [2.45, 2.75) is 12.8 Å². The van der Waals surface area contributed by atoms with Crippen LogP contribution in [0.4, 0.5) is 10.2 Å². The van der Waals surface area contributed by atoms with E-state index in [2.05, 4.69) is 21.1 Å². The van der Waals surface area contributed by atoms with E-state index in [1.807, 2.05) is 0 Å². The minimum atomic E-state index is -0.379. The van der Waals surface area contributed by atoms with Crippen molar-refractivity contribution < 1.29 is 13.7 Å². The average molecular weight is 327 g/mol. The SMILES string of the molecule is Nc1cc(-c2cc(F)cc(Br)c2OCC2CC2)on1. The molecular weight excluding hydrogens is 315 g/mol. The first-order chi connectivity index (χ1) is 9.13. The predicted molar refractivity (Wildman–Crippen MR) is 72.2 cm³/mol. The molecule has 1 aromatic carbocycles. The second-order valence-corrected chi connectivity index (χ2v) is 5.49. The summed E-state index contributed by atoms with van der Waals surface area (Å²) in [7, 11) is 0. The molecule has 1 fully saturated rings. The first kappa shape index (κ1) is 12.5. The van der Waals surface area contributed by atoms with Gasteiger partial charge < -0.3 is 15.0 Å². The van der Waals surface area contributed by atoms with Crippen molar-refractivity contribution in [3.63, 3.8) is 0 Å². The molecule has 4 nitrogen and oxygen atoms in total. The molecule has 0 atom stereocenters.